The van der Waals surface area contributed by atoms with Gasteiger partial charge in [0, 0.05) is 6.61 Å². The third kappa shape index (κ3) is 7.22. The molecular weight excluding hydrogens is 529 g/mol. The molecule has 0 spiro atoms. The molecule has 1 heterocycles. The maximum atomic E-state index is 13.7. The second-order valence-corrected chi connectivity index (χ2v) is 9.42. The van der Waals surface area contributed by atoms with E-state index >= 15 is 0 Å². The molecule has 1 aliphatic heterocycles. The van der Waals surface area contributed by atoms with Gasteiger partial charge in [0.1, 0.15) is 11.6 Å². The SMILES string of the molecule is CCOCCN1C(=O)/C(=C/c2ccc(OCC(=O)Nc3ccccc3F)c(Cl)c2)SC1=Nc1ccccc1. The Balaban J connectivity index is 1.45. The maximum absolute atomic E-state index is 13.7. The van der Waals surface area contributed by atoms with Gasteiger partial charge >= 0.3 is 0 Å². The van der Waals surface area contributed by atoms with Crippen LogP contribution in [0.4, 0.5) is 15.8 Å². The van der Waals surface area contributed by atoms with E-state index in [9.17, 15) is 14.0 Å². The highest BCUT2D eigenvalue weighted by Gasteiger charge is 2.33. The average Bonchev–Trinajstić information content (AvgIpc) is 3.19. The Morgan fingerprint density at radius 3 is 2.63 bits per heavy atom. The van der Waals surface area contributed by atoms with Gasteiger partial charge in [-0.1, -0.05) is 48.0 Å². The van der Waals surface area contributed by atoms with E-state index in [1.807, 2.05) is 37.3 Å². The number of ether oxygens (including phenoxy) is 2. The molecule has 0 radical (unpaired) electrons. The number of amides is 2. The van der Waals surface area contributed by atoms with Crippen LogP contribution in [0.15, 0.2) is 82.7 Å². The first-order valence-corrected chi connectivity index (χ1v) is 13.0. The summed E-state index contributed by atoms with van der Waals surface area (Å²) in [7, 11) is 0. The van der Waals surface area contributed by atoms with Gasteiger partial charge in [0.15, 0.2) is 11.8 Å². The molecule has 0 bridgehead atoms. The number of aliphatic imine (C=N–C) groups is 1. The number of benzene rings is 3. The summed E-state index contributed by atoms with van der Waals surface area (Å²) < 4.78 is 24.7. The van der Waals surface area contributed by atoms with Gasteiger partial charge in [-0.3, -0.25) is 14.5 Å². The standard InChI is InChI=1S/C28H25ClFN3O4S/c1-2-36-15-14-33-27(35)25(38-28(33)31-20-8-4-3-5-9-20)17-19-12-13-24(21(29)16-19)37-18-26(34)32-23-11-7-6-10-22(23)30/h3-13,16-17H,2,14-15,18H2,1H3,(H,32,34)/b25-17-,31-28?. The van der Waals surface area contributed by atoms with Crippen molar-refractivity contribution >= 4 is 57.8 Å². The van der Waals surface area contributed by atoms with Crippen molar-refractivity contribution < 1.29 is 23.5 Å². The third-order valence-corrected chi connectivity index (χ3v) is 6.59. The van der Waals surface area contributed by atoms with E-state index in [-0.39, 0.29) is 29.0 Å². The molecule has 38 heavy (non-hydrogen) atoms. The minimum Gasteiger partial charge on any atom is -0.482 e. The van der Waals surface area contributed by atoms with E-state index in [4.69, 9.17) is 21.1 Å². The molecule has 3 aromatic carbocycles. The largest absolute Gasteiger partial charge is 0.482 e. The molecule has 0 aliphatic carbocycles. The summed E-state index contributed by atoms with van der Waals surface area (Å²) in [5, 5.41) is 3.28. The lowest BCUT2D eigenvalue weighted by atomic mass is 10.2. The van der Waals surface area contributed by atoms with Crippen molar-refractivity contribution in [2.75, 3.05) is 31.7 Å². The van der Waals surface area contributed by atoms with E-state index < -0.39 is 11.7 Å². The number of para-hydroxylation sites is 2. The molecule has 0 atom stereocenters. The molecule has 3 aromatic rings. The van der Waals surface area contributed by atoms with Crippen LogP contribution in [0.25, 0.3) is 6.08 Å². The van der Waals surface area contributed by atoms with Crippen molar-refractivity contribution in [2.24, 2.45) is 4.99 Å². The zero-order valence-corrected chi connectivity index (χ0v) is 22.1. The van der Waals surface area contributed by atoms with Crippen molar-refractivity contribution in [1.82, 2.24) is 4.90 Å². The van der Waals surface area contributed by atoms with Gasteiger partial charge in [0.2, 0.25) is 0 Å². The van der Waals surface area contributed by atoms with Crippen molar-refractivity contribution in [3.8, 4) is 5.75 Å². The predicted molar refractivity (Wildman–Crippen MR) is 149 cm³/mol. The summed E-state index contributed by atoms with van der Waals surface area (Å²) >= 11 is 7.66. The first kappa shape index (κ1) is 27.4. The summed E-state index contributed by atoms with van der Waals surface area (Å²) in [6, 6.07) is 20.3. The van der Waals surface area contributed by atoms with Gasteiger partial charge in [-0.25, -0.2) is 9.38 Å². The van der Waals surface area contributed by atoms with E-state index in [1.165, 1.54) is 30.0 Å². The highest BCUT2D eigenvalue weighted by molar-refractivity contribution is 8.18. The summed E-state index contributed by atoms with van der Waals surface area (Å²) in [6.07, 6.45) is 1.73. The number of nitrogens with one attached hydrogen (secondary N) is 1. The molecule has 0 aromatic heterocycles. The van der Waals surface area contributed by atoms with Gasteiger partial charge < -0.3 is 14.8 Å². The molecule has 7 nitrogen and oxygen atoms in total. The van der Waals surface area contributed by atoms with Crippen molar-refractivity contribution in [3.05, 3.63) is 94.1 Å². The second kappa shape index (κ2) is 13.2. The Hall–Kier alpha value is -3.66. The lowest BCUT2D eigenvalue weighted by Crippen LogP contribution is -2.32. The maximum Gasteiger partial charge on any atom is 0.266 e. The fourth-order valence-electron chi connectivity index (χ4n) is 3.47. The fourth-order valence-corrected chi connectivity index (χ4v) is 4.74. The highest BCUT2D eigenvalue weighted by Crippen LogP contribution is 2.35. The Labute approximate surface area is 229 Å². The van der Waals surface area contributed by atoms with Gasteiger partial charge in [-0.2, -0.15) is 0 Å². The second-order valence-electron chi connectivity index (χ2n) is 8.00. The monoisotopic (exact) mass is 553 g/mol. The quantitative estimate of drug-likeness (QED) is 0.241. The predicted octanol–water partition coefficient (Wildman–Crippen LogP) is 6.14. The first-order valence-electron chi connectivity index (χ1n) is 11.8. The van der Waals surface area contributed by atoms with Crippen molar-refractivity contribution in [2.45, 2.75) is 6.92 Å². The van der Waals surface area contributed by atoms with Crippen LogP contribution in [0.3, 0.4) is 0 Å². The van der Waals surface area contributed by atoms with Crippen molar-refractivity contribution in [3.63, 3.8) is 0 Å². The fraction of sp³-hybridized carbons (Fsp3) is 0.179. The lowest BCUT2D eigenvalue weighted by molar-refractivity contribution is -0.122. The number of hydrogen-bond donors (Lipinski definition) is 1. The smallest absolute Gasteiger partial charge is 0.266 e. The number of halogens is 2. The van der Waals surface area contributed by atoms with Crippen LogP contribution in [-0.4, -0.2) is 48.2 Å². The molecule has 2 amide bonds. The topological polar surface area (TPSA) is 80.2 Å². The number of amidine groups is 1. The molecule has 1 saturated heterocycles. The number of carbonyl (C=O) groups excluding carboxylic acids is 2. The summed E-state index contributed by atoms with van der Waals surface area (Å²) in [5.74, 6) is -0.954. The number of carbonyl (C=O) groups is 2. The Kier molecular flexibility index (Phi) is 9.53. The van der Waals surface area contributed by atoms with Crippen LogP contribution < -0.4 is 10.1 Å². The number of rotatable bonds is 10. The Morgan fingerprint density at radius 2 is 1.89 bits per heavy atom. The molecule has 196 valence electrons. The van der Waals surface area contributed by atoms with E-state index in [2.05, 4.69) is 10.3 Å². The van der Waals surface area contributed by atoms with Gasteiger partial charge in [-0.05, 0) is 66.7 Å². The normalized spacial score (nSPS) is 15.3. The first-order chi connectivity index (χ1) is 18.4. The molecule has 0 saturated carbocycles. The number of hydrogen-bond acceptors (Lipinski definition) is 6. The Bertz CT molecular complexity index is 1370. The van der Waals surface area contributed by atoms with Gasteiger partial charge in [0.05, 0.1) is 34.5 Å². The number of anilines is 1. The van der Waals surface area contributed by atoms with Crippen molar-refractivity contribution in [1.29, 1.82) is 0 Å². The molecule has 1 fully saturated rings. The molecule has 10 heteroatoms. The zero-order chi connectivity index (χ0) is 26.9. The summed E-state index contributed by atoms with van der Waals surface area (Å²) in [5.41, 5.74) is 1.49. The minimum atomic E-state index is -0.538. The van der Waals surface area contributed by atoms with E-state index in [0.29, 0.717) is 35.4 Å². The van der Waals surface area contributed by atoms with Gasteiger partial charge in [-0.15, -0.1) is 0 Å². The minimum absolute atomic E-state index is 0.0679. The van der Waals surface area contributed by atoms with Crippen LogP contribution in [0.1, 0.15) is 12.5 Å². The molecule has 4 rings (SSSR count). The zero-order valence-electron chi connectivity index (χ0n) is 20.5. The van der Waals surface area contributed by atoms with Crippen LogP contribution in [0.5, 0.6) is 5.75 Å². The van der Waals surface area contributed by atoms with E-state index in [0.717, 1.165) is 5.69 Å². The molecule has 1 N–H and O–H groups in total. The molecule has 0 unspecified atom stereocenters. The van der Waals surface area contributed by atoms with Crippen LogP contribution >= 0.6 is 23.4 Å². The lowest BCUT2D eigenvalue weighted by Gasteiger charge is -2.15. The summed E-state index contributed by atoms with van der Waals surface area (Å²) in [4.78, 5) is 32.1. The third-order valence-electron chi connectivity index (χ3n) is 5.29. The number of thioether (sulfide) groups is 1. The molecular formula is C28H25ClFN3O4S. The molecule has 1 aliphatic rings. The average molecular weight is 554 g/mol. The van der Waals surface area contributed by atoms with Gasteiger partial charge in [0.25, 0.3) is 11.8 Å². The van der Waals surface area contributed by atoms with Crippen LogP contribution in [0.2, 0.25) is 5.02 Å². The van der Waals surface area contributed by atoms with Crippen LogP contribution in [0, 0.1) is 5.82 Å². The highest BCUT2D eigenvalue weighted by atomic mass is 35.5. The van der Waals surface area contributed by atoms with E-state index in [1.54, 1.807) is 35.2 Å². The summed E-state index contributed by atoms with van der Waals surface area (Å²) in [6.45, 7) is 2.88. The Morgan fingerprint density at radius 1 is 1.13 bits per heavy atom. The van der Waals surface area contributed by atoms with Crippen LogP contribution in [-0.2, 0) is 14.3 Å². The number of nitrogens with zero attached hydrogens (tertiary/aromatic N) is 2.